The van der Waals surface area contributed by atoms with E-state index < -0.39 is 0 Å². The van der Waals surface area contributed by atoms with Crippen LogP contribution in [0.1, 0.15) is 24.8 Å². The quantitative estimate of drug-likeness (QED) is 0.820. The van der Waals surface area contributed by atoms with Crippen molar-refractivity contribution in [1.82, 2.24) is 4.98 Å². The van der Waals surface area contributed by atoms with Crippen molar-refractivity contribution in [3.05, 3.63) is 40.5 Å². The molecular weight excluding hydrogens is 249 g/mol. The molecule has 2 nitrogen and oxygen atoms in total. The second-order valence-electron chi connectivity index (χ2n) is 4.16. The van der Waals surface area contributed by atoms with Gasteiger partial charge in [-0.05, 0) is 31.9 Å². The average molecular weight is 263 g/mol. The molecule has 0 N–H and O–H groups in total. The average Bonchev–Trinajstić information content (AvgIpc) is 2.78. The third-order valence-corrected chi connectivity index (χ3v) is 3.53. The van der Waals surface area contributed by atoms with Gasteiger partial charge in [0.15, 0.2) is 0 Å². The van der Waals surface area contributed by atoms with Crippen LogP contribution in [0.4, 0.5) is 4.39 Å². The summed E-state index contributed by atoms with van der Waals surface area (Å²) in [6, 6.07) is 6.62. The molecule has 1 aromatic carbocycles. The van der Waals surface area contributed by atoms with E-state index in [1.807, 2.05) is 5.38 Å². The van der Waals surface area contributed by atoms with Gasteiger partial charge in [-0.3, -0.25) is 0 Å². The maximum atomic E-state index is 13.6. The lowest BCUT2D eigenvalue weighted by Crippen LogP contribution is -1.92. The van der Waals surface area contributed by atoms with Crippen LogP contribution < -0.4 is 0 Å². The van der Waals surface area contributed by atoms with E-state index in [4.69, 9.17) is 0 Å². The lowest BCUT2D eigenvalue weighted by molar-refractivity contribution is -0.117. The summed E-state index contributed by atoms with van der Waals surface area (Å²) in [6.45, 7) is 1.59. The zero-order chi connectivity index (χ0) is 13.0. The van der Waals surface area contributed by atoms with Crippen LogP contribution >= 0.6 is 11.3 Å². The lowest BCUT2D eigenvalue weighted by atomic mass is 10.1. The highest BCUT2D eigenvalue weighted by Crippen LogP contribution is 2.25. The van der Waals surface area contributed by atoms with Crippen molar-refractivity contribution in [2.75, 3.05) is 0 Å². The molecule has 0 fully saturated rings. The van der Waals surface area contributed by atoms with Crippen LogP contribution in [-0.2, 0) is 11.2 Å². The first-order valence-electron chi connectivity index (χ1n) is 5.85. The summed E-state index contributed by atoms with van der Waals surface area (Å²) in [5.74, 6) is -0.0565. The van der Waals surface area contributed by atoms with Gasteiger partial charge in [0.1, 0.15) is 11.6 Å². The summed E-state index contributed by atoms with van der Waals surface area (Å²) in [5, 5.41) is 2.82. The molecule has 0 atom stereocenters. The molecule has 0 unspecified atom stereocenters. The Labute approximate surface area is 110 Å². The molecule has 18 heavy (non-hydrogen) atoms. The van der Waals surface area contributed by atoms with E-state index in [-0.39, 0.29) is 11.6 Å². The van der Waals surface area contributed by atoms with Gasteiger partial charge in [0, 0.05) is 17.4 Å². The molecule has 0 spiro atoms. The second kappa shape index (κ2) is 5.87. The summed E-state index contributed by atoms with van der Waals surface area (Å²) in [5.41, 5.74) is 1.21. The molecule has 0 saturated carbocycles. The Kier molecular flexibility index (Phi) is 4.20. The summed E-state index contributed by atoms with van der Waals surface area (Å²) in [6.07, 6.45) is 2.16. The number of benzene rings is 1. The van der Waals surface area contributed by atoms with Gasteiger partial charge >= 0.3 is 0 Å². The fraction of sp³-hybridized carbons (Fsp3) is 0.286. The van der Waals surface area contributed by atoms with Crippen molar-refractivity contribution >= 4 is 17.1 Å². The largest absolute Gasteiger partial charge is 0.300 e. The number of carbonyl (C=O) groups excluding carboxylic acids is 1. The molecule has 2 aromatic rings. The fourth-order valence-electron chi connectivity index (χ4n) is 1.71. The number of Topliss-reactive ketones (excluding diaryl/α,β-unsaturated/α-hetero) is 1. The molecule has 0 amide bonds. The third-order valence-electron chi connectivity index (χ3n) is 2.62. The molecular formula is C14H14FNOS. The van der Waals surface area contributed by atoms with Crippen LogP contribution in [0.25, 0.3) is 11.3 Å². The molecule has 0 radical (unpaired) electrons. The minimum atomic E-state index is -0.252. The van der Waals surface area contributed by atoms with Crippen LogP contribution in [0, 0.1) is 5.82 Å². The van der Waals surface area contributed by atoms with E-state index >= 15 is 0 Å². The highest BCUT2D eigenvalue weighted by molar-refractivity contribution is 7.09. The van der Waals surface area contributed by atoms with Crippen LogP contribution in [0.15, 0.2) is 29.6 Å². The Hall–Kier alpha value is -1.55. The Bertz CT molecular complexity index is 550. The summed E-state index contributed by atoms with van der Waals surface area (Å²) in [4.78, 5) is 15.2. The number of rotatable bonds is 5. The van der Waals surface area contributed by atoms with Gasteiger partial charge in [-0.15, -0.1) is 11.3 Å². The number of hydrogen-bond donors (Lipinski definition) is 0. The van der Waals surface area contributed by atoms with Crippen LogP contribution in [0.3, 0.4) is 0 Å². The molecule has 1 aromatic heterocycles. The van der Waals surface area contributed by atoms with E-state index in [1.54, 1.807) is 25.1 Å². The zero-order valence-corrected chi connectivity index (χ0v) is 11.0. The van der Waals surface area contributed by atoms with Crippen LogP contribution in [0.5, 0.6) is 0 Å². The SMILES string of the molecule is CC(=O)CCCc1nc(-c2ccccc2F)cs1. The monoisotopic (exact) mass is 263 g/mol. The number of thiazole rings is 1. The van der Waals surface area contributed by atoms with Crippen LogP contribution in [-0.4, -0.2) is 10.8 Å². The van der Waals surface area contributed by atoms with Gasteiger partial charge in [-0.25, -0.2) is 9.37 Å². The maximum Gasteiger partial charge on any atom is 0.132 e. The van der Waals surface area contributed by atoms with E-state index in [0.29, 0.717) is 17.7 Å². The predicted molar refractivity (Wildman–Crippen MR) is 71.1 cm³/mol. The number of carbonyl (C=O) groups is 1. The minimum Gasteiger partial charge on any atom is -0.300 e. The lowest BCUT2D eigenvalue weighted by Gasteiger charge is -1.98. The van der Waals surface area contributed by atoms with Crippen molar-refractivity contribution in [1.29, 1.82) is 0 Å². The summed E-state index contributed by atoms with van der Waals surface area (Å²) >= 11 is 1.52. The number of aromatic nitrogens is 1. The van der Waals surface area contributed by atoms with Gasteiger partial charge in [0.05, 0.1) is 10.7 Å². The number of aryl methyl sites for hydroxylation is 1. The van der Waals surface area contributed by atoms with Gasteiger partial charge in [0.25, 0.3) is 0 Å². The summed E-state index contributed by atoms with van der Waals surface area (Å²) in [7, 11) is 0. The first-order chi connectivity index (χ1) is 8.66. The molecule has 0 bridgehead atoms. The highest BCUT2D eigenvalue weighted by Gasteiger charge is 2.08. The Morgan fingerprint density at radius 3 is 2.89 bits per heavy atom. The van der Waals surface area contributed by atoms with Gasteiger partial charge in [0.2, 0.25) is 0 Å². The first kappa shape index (κ1) is 12.9. The second-order valence-corrected chi connectivity index (χ2v) is 5.10. The summed E-state index contributed by atoms with van der Waals surface area (Å²) < 4.78 is 13.6. The fourth-order valence-corrected chi connectivity index (χ4v) is 2.55. The van der Waals surface area contributed by atoms with Gasteiger partial charge in [-0.1, -0.05) is 12.1 Å². The van der Waals surface area contributed by atoms with E-state index in [1.165, 1.54) is 17.4 Å². The van der Waals surface area contributed by atoms with E-state index in [2.05, 4.69) is 4.98 Å². The van der Waals surface area contributed by atoms with Crippen molar-refractivity contribution in [2.24, 2.45) is 0 Å². The van der Waals surface area contributed by atoms with Crippen molar-refractivity contribution < 1.29 is 9.18 Å². The van der Waals surface area contributed by atoms with Gasteiger partial charge < -0.3 is 4.79 Å². The van der Waals surface area contributed by atoms with Crippen LogP contribution in [0.2, 0.25) is 0 Å². The first-order valence-corrected chi connectivity index (χ1v) is 6.73. The standard InChI is InChI=1S/C14H14FNOS/c1-10(17)5-4-8-14-16-13(9-18-14)11-6-2-3-7-12(11)15/h2-3,6-7,9H,4-5,8H2,1H3. The third kappa shape index (κ3) is 3.23. The maximum absolute atomic E-state index is 13.6. The molecule has 2 rings (SSSR count). The number of nitrogens with zero attached hydrogens (tertiary/aromatic N) is 1. The molecule has 94 valence electrons. The minimum absolute atomic E-state index is 0.195. The number of hydrogen-bond acceptors (Lipinski definition) is 3. The molecule has 4 heteroatoms. The molecule has 0 aliphatic heterocycles. The molecule has 0 saturated heterocycles. The van der Waals surface area contributed by atoms with E-state index in [0.717, 1.165) is 17.8 Å². The zero-order valence-electron chi connectivity index (χ0n) is 10.1. The smallest absolute Gasteiger partial charge is 0.132 e. The number of halogens is 1. The predicted octanol–water partition coefficient (Wildman–Crippen LogP) is 3.86. The Morgan fingerprint density at radius 2 is 2.17 bits per heavy atom. The normalized spacial score (nSPS) is 10.6. The van der Waals surface area contributed by atoms with Gasteiger partial charge in [-0.2, -0.15) is 0 Å². The van der Waals surface area contributed by atoms with Crippen molar-refractivity contribution in [3.63, 3.8) is 0 Å². The highest BCUT2D eigenvalue weighted by atomic mass is 32.1. The molecule has 0 aliphatic rings. The molecule has 0 aliphatic carbocycles. The van der Waals surface area contributed by atoms with Crippen molar-refractivity contribution in [2.45, 2.75) is 26.2 Å². The Balaban J connectivity index is 2.06. The van der Waals surface area contributed by atoms with E-state index in [9.17, 15) is 9.18 Å². The number of ketones is 1. The topological polar surface area (TPSA) is 30.0 Å². The van der Waals surface area contributed by atoms with Crippen molar-refractivity contribution in [3.8, 4) is 11.3 Å². The molecule has 1 heterocycles. The Morgan fingerprint density at radius 1 is 1.39 bits per heavy atom.